The van der Waals surface area contributed by atoms with Crippen molar-refractivity contribution in [2.45, 2.75) is 27.7 Å². The molecule has 0 bridgehead atoms. The predicted octanol–water partition coefficient (Wildman–Crippen LogP) is 4.64. The molecule has 4 rings (SSSR count). The largest absolute Gasteiger partial charge is 0.494 e. The number of fused-ring (bicyclic) bond motifs is 1. The first-order valence-electron chi connectivity index (χ1n) is 11.2. The van der Waals surface area contributed by atoms with Crippen LogP contribution in [0.1, 0.15) is 23.6 Å². The number of nitrogens with one attached hydrogen (secondary N) is 2. The molecule has 1 aromatic heterocycles. The highest BCUT2D eigenvalue weighted by molar-refractivity contribution is 7.80. The summed E-state index contributed by atoms with van der Waals surface area (Å²) in [5.74, 6) is 1.12. The van der Waals surface area contributed by atoms with Gasteiger partial charge in [-0.2, -0.15) is 4.80 Å². The number of rotatable bonds is 7. The van der Waals surface area contributed by atoms with E-state index < -0.39 is 0 Å². The number of carbonyl (C=O) groups is 1. The van der Waals surface area contributed by atoms with Gasteiger partial charge in [0.1, 0.15) is 22.5 Å². The zero-order valence-corrected chi connectivity index (χ0v) is 20.9. The van der Waals surface area contributed by atoms with E-state index in [1.807, 2.05) is 82.3 Å². The van der Waals surface area contributed by atoms with Gasteiger partial charge in [-0.25, -0.2) is 0 Å². The maximum Gasteiger partial charge on any atom is 0.264 e. The molecular formula is C26H27N5O3S. The van der Waals surface area contributed by atoms with Crippen molar-refractivity contribution in [2.75, 3.05) is 18.5 Å². The molecule has 180 valence electrons. The Labute approximate surface area is 209 Å². The van der Waals surface area contributed by atoms with E-state index in [2.05, 4.69) is 20.8 Å². The highest BCUT2D eigenvalue weighted by Gasteiger charge is 2.12. The summed E-state index contributed by atoms with van der Waals surface area (Å²) in [5.41, 5.74) is 6.02. The summed E-state index contributed by atoms with van der Waals surface area (Å²) < 4.78 is 11.1. The number of hydrogen-bond donors (Lipinski definition) is 2. The maximum absolute atomic E-state index is 12.3. The number of hydrogen-bond acceptors (Lipinski definition) is 6. The Morgan fingerprint density at radius 3 is 2.34 bits per heavy atom. The van der Waals surface area contributed by atoms with Crippen LogP contribution in [0.2, 0.25) is 0 Å². The predicted molar refractivity (Wildman–Crippen MR) is 141 cm³/mol. The van der Waals surface area contributed by atoms with E-state index in [1.54, 1.807) is 4.80 Å². The van der Waals surface area contributed by atoms with Gasteiger partial charge in [0, 0.05) is 5.69 Å². The van der Waals surface area contributed by atoms with Crippen molar-refractivity contribution in [1.82, 2.24) is 20.3 Å². The van der Waals surface area contributed by atoms with Crippen LogP contribution in [-0.2, 0) is 4.79 Å². The molecule has 0 fully saturated rings. The quantitative estimate of drug-likeness (QED) is 0.366. The van der Waals surface area contributed by atoms with E-state index in [4.69, 9.17) is 21.7 Å². The van der Waals surface area contributed by atoms with Crippen LogP contribution in [0.25, 0.3) is 16.7 Å². The second-order valence-electron chi connectivity index (χ2n) is 8.13. The lowest BCUT2D eigenvalue weighted by molar-refractivity contribution is -0.121. The van der Waals surface area contributed by atoms with Gasteiger partial charge in [0.05, 0.1) is 12.3 Å². The summed E-state index contributed by atoms with van der Waals surface area (Å²) in [7, 11) is 0. The fraction of sp³-hybridized carbons (Fsp3) is 0.231. The Hall–Kier alpha value is -3.98. The molecule has 35 heavy (non-hydrogen) atoms. The molecule has 0 spiro atoms. The SMILES string of the molecule is CCOc1ccc(-n2nc3cc(C)c(NC(=S)NC(=O)COc4ccc(C)cc4C)cc3n2)cc1. The Kier molecular flexibility index (Phi) is 7.26. The molecule has 1 amide bonds. The second-order valence-corrected chi connectivity index (χ2v) is 8.54. The maximum atomic E-state index is 12.3. The Bertz CT molecular complexity index is 1380. The van der Waals surface area contributed by atoms with Gasteiger partial charge in [0.25, 0.3) is 5.91 Å². The van der Waals surface area contributed by atoms with Crippen LogP contribution in [0.5, 0.6) is 11.5 Å². The summed E-state index contributed by atoms with van der Waals surface area (Å²) in [6.07, 6.45) is 0. The third kappa shape index (κ3) is 5.93. The highest BCUT2D eigenvalue weighted by Crippen LogP contribution is 2.23. The first-order chi connectivity index (χ1) is 16.8. The molecule has 0 aliphatic rings. The van der Waals surface area contributed by atoms with Gasteiger partial charge in [0.15, 0.2) is 11.7 Å². The normalized spacial score (nSPS) is 10.7. The molecule has 8 nitrogen and oxygen atoms in total. The van der Waals surface area contributed by atoms with E-state index in [-0.39, 0.29) is 17.6 Å². The zero-order valence-electron chi connectivity index (χ0n) is 20.1. The van der Waals surface area contributed by atoms with Gasteiger partial charge in [-0.05, 0) is 93.5 Å². The molecule has 0 atom stereocenters. The first-order valence-corrected chi connectivity index (χ1v) is 11.6. The fourth-order valence-electron chi connectivity index (χ4n) is 3.58. The van der Waals surface area contributed by atoms with Crippen LogP contribution in [0, 0.1) is 20.8 Å². The minimum atomic E-state index is -0.345. The molecule has 4 aromatic rings. The molecule has 9 heteroatoms. The van der Waals surface area contributed by atoms with Gasteiger partial charge in [-0.15, -0.1) is 10.2 Å². The summed E-state index contributed by atoms with van der Waals surface area (Å²) >= 11 is 5.33. The number of nitrogens with zero attached hydrogens (tertiary/aromatic N) is 3. The van der Waals surface area contributed by atoms with Crippen LogP contribution < -0.4 is 20.1 Å². The zero-order chi connectivity index (χ0) is 24.9. The first kappa shape index (κ1) is 24.2. The molecule has 0 aliphatic carbocycles. The third-order valence-electron chi connectivity index (χ3n) is 5.30. The molecule has 1 heterocycles. The molecule has 0 radical (unpaired) electrons. The summed E-state index contributed by atoms with van der Waals surface area (Å²) in [5, 5.41) is 15.1. The molecule has 0 saturated carbocycles. The van der Waals surface area contributed by atoms with Crippen molar-refractivity contribution in [3.8, 4) is 17.2 Å². The Morgan fingerprint density at radius 2 is 1.66 bits per heavy atom. The van der Waals surface area contributed by atoms with Crippen LogP contribution in [-0.4, -0.2) is 39.2 Å². The minimum absolute atomic E-state index is 0.139. The van der Waals surface area contributed by atoms with E-state index in [0.29, 0.717) is 17.9 Å². The van der Waals surface area contributed by atoms with E-state index >= 15 is 0 Å². The van der Waals surface area contributed by atoms with Crippen LogP contribution in [0.3, 0.4) is 0 Å². The lowest BCUT2D eigenvalue weighted by Gasteiger charge is -2.13. The minimum Gasteiger partial charge on any atom is -0.494 e. The van der Waals surface area contributed by atoms with Gasteiger partial charge < -0.3 is 14.8 Å². The Morgan fingerprint density at radius 1 is 0.943 bits per heavy atom. The summed E-state index contributed by atoms with van der Waals surface area (Å²) in [6.45, 7) is 8.30. The number of anilines is 1. The van der Waals surface area contributed by atoms with Crippen LogP contribution in [0.4, 0.5) is 5.69 Å². The number of ether oxygens (including phenoxy) is 2. The highest BCUT2D eigenvalue weighted by atomic mass is 32.1. The number of aryl methyl sites for hydroxylation is 3. The molecule has 0 unspecified atom stereocenters. The van der Waals surface area contributed by atoms with Gasteiger partial charge in [0.2, 0.25) is 0 Å². The lowest BCUT2D eigenvalue weighted by Crippen LogP contribution is -2.37. The smallest absolute Gasteiger partial charge is 0.264 e. The molecule has 2 N–H and O–H groups in total. The lowest BCUT2D eigenvalue weighted by atomic mass is 10.1. The summed E-state index contributed by atoms with van der Waals surface area (Å²) in [4.78, 5) is 13.9. The number of benzene rings is 3. The van der Waals surface area contributed by atoms with Crippen LogP contribution >= 0.6 is 12.2 Å². The molecule has 3 aromatic carbocycles. The fourth-order valence-corrected chi connectivity index (χ4v) is 3.81. The number of carbonyl (C=O) groups excluding carboxylic acids is 1. The van der Waals surface area contributed by atoms with Crippen molar-refractivity contribution in [2.24, 2.45) is 0 Å². The van der Waals surface area contributed by atoms with Gasteiger partial charge >= 0.3 is 0 Å². The average molecular weight is 490 g/mol. The topological polar surface area (TPSA) is 90.3 Å². The van der Waals surface area contributed by atoms with Crippen molar-refractivity contribution < 1.29 is 14.3 Å². The average Bonchev–Trinajstić information content (AvgIpc) is 3.22. The molecule has 0 saturated heterocycles. The van der Waals surface area contributed by atoms with Crippen molar-refractivity contribution in [3.63, 3.8) is 0 Å². The second kappa shape index (κ2) is 10.5. The van der Waals surface area contributed by atoms with Gasteiger partial charge in [-0.1, -0.05) is 17.7 Å². The number of thiocarbonyl (C=S) groups is 1. The van der Waals surface area contributed by atoms with Crippen molar-refractivity contribution in [3.05, 3.63) is 71.3 Å². The van der Waals surface area contributed by atoms with E-state index in [0.717, 1.165) is 39.3 Å². The van der Waals surface area contributed by atoms with Crippen molar-refractivity contribution in [1.29, 1.82) is 0 Å². The third-order valence-corrected chi connectivity index (χ3v) is 5.50. The van der Waals surface area contributed by atoms with E-state index in [9.17, 15) is 4.79 Å². The van der Waals surface area contributed by atoms with Crippen molar-refractivity contribution >= 4 is 40.0 Å². The standard InChI is InChI=1S/C26H27N5O3S/c1-5-33-20-9-7-19(8-10-20)31-29-22-13-17(3)21(14-23(22)30-31)27-26(35)28-25(32)15-34-24-11-6-16(2)12-18(24)4/h6-14H,5,15H2,1-4H3,(H2,27,28,32,35). The number of aromatic nitrogens is 3. The molecular weight excluding hydrogens is 462 g/mol. The number of amides is 1. The monoisotopic (exact) mass is 489 g/mol. The molecule has 0 aliphatic heterocycles. The van der Waals surface area contributed by atoms with Crippen LogP contribution in [0.15, 0.2) is 54.6 Å². The van der Waals surface area contributed by atoms with Gasteiger partial charge in [-0.3, -0.25) is 10.1 Å². The Balaban J connectivity index is 1.40. The van der Waals surface area contributed by atoms with E-state index in [1.165, 1.54) is 0 Å². The summed E-state index contributed by atoms with van der Waals surface area (Å²) in [6, 6.07) is 17.2.